The second-order valence-electron chi connectivity index (χ2n) is 4.16. The maximum atomic E-state index is 11.6. The van der Waals surface area contributed by atoms with Crippen molar-refractivity contribution in [3.8, 4) is 0 Å². The molecule has 0 atom stereocenters. The highest BCUT2D eigenvalue weighted by Crippen LogP contribution is 2.12. The molecule has 0 aromatic heterocycles. The fourth-order valence-electron chi connectivity index (χ4n) is 1.57. The Hall–Kier alpha value is -0.890. The van der Waals surface area contributed by atoms with Crippen molar-refractivity contribution in [2.75, 3.05) is 0 Å². The van der Waals surface area contributed by atoms with Crippen LogP contribution in [0.25, 0.3) is 6.08 Å². The van der Waals surface area contributed by atoms with Crippen molar-refractivity contribution in [1.82, 2.24) is 0 Å². The van der Waals surface area contributed by atoms with Crippen molar-refractivity contribution in [3.05, 3.63) is 40.4 Å². The molecule has 1 aromatic rings. The lowest BCUT2D eigenvalue weighted by Crippen LogP contribution is -1.92. The van der Waals surface area contributed by atoms with Crippen LogP contribution in [0.3, 0.4) is 0 Å². The van der Waals surface area contributed by atoms with Crippen molar-refractivity contribution < 1.29 is 4.79 Å². The van der Waals surface area contributed by atoms with Crippen LogP contribution in [-0.2, 0) is 4.79 Å². The number of unbranched alkanes of at least 4 members (excludes halogenated alkanes) is 3. The Balaban J connectivity index is 2.32. The van der Waals surface area contributed by atoms with Crippen molar-refractivity contribution >= 4 is 27.8 Å². The predicted octanol–water partition coefficient (Wildman–Crippen LogP) is 5.00. The molecule has 0 amide bonds. The highest BCUT2D eigenvalue weighted by atomic mass is 79.9. The molecule has 1 aromatic carbocycles. The standard InChI is InChI=1S/C15H19BrO/c1-2-3-4-5-6-15(17)12-9-13-7-10-14(16)11-8-13/h7-12H,2-6H2,1H3/b12-9+. The van der Waals surface area contributed by atoms with E-state index in [0.29, 0.717) is 6.42 Å². The third kappa shape index (κ3) is 6.42. The maximum Gasteiger partial charge on any atom is 0.155 e. The Morgan fingerprint density at radius 3 is 2.53 bits per heavy atom. The molecule has 2 heteroatoms. The predicted molar refractivity (Wildman–Crippen MR) is 76.9 cm³/mol. The minimum atomic E-state index is 0.226. The van der Waals surface area contributed by atoms with Crippen LogP contribution in [0.5, 0.6) is 0 Å². The first-order valence-electron chi connectivity index (χ1n) is 6.19. The van der Waals surface area contributed by atoms with Gasteiger partial charge in [0, 0.05) is 10.9 Å². The number of rotatable bonds is 7. The summed E-state index contributed by atoms with van der Waals surface area (Å²) < 4.78 is 1.06. The first-order chi connectivity index (χ1) is 8.22. The molecule has 92 valence electrons. The van der Waals surface area contributed by atoms with Crippen molar-refractivity contribution in [1.29, 1.82) is 0 Å². The lowest BCUT2D eigenvalue weighted by molar-refractivity contribution is -0.114. The van der Waals surface area contributed by atoms with Crippen molar-refractivity contribution in [3.63, 3.8) is 0 Å². The number of allylic oxidation sites excluding steroid dienone is 1. The van der Waals surface area contributed by atoms with E-state index in [-0.39, 0.29) is 5.78 Å². The second-order valence-corrected chi connectivity index (χ2v) is 5.08. The fourth-order valence-corrected chi connectivity index (χ4v) is 1.84. The first-order valence-corrected chi connectivity index (χ1v) is 6.98. The van der Waals surface area contributed by atoms with Gasteiger partial charge in [-0.15, -0.1) is 0 Å². The van der Waals surface area contributed by atoms with E-state index in [2.05, 4.69) is 22.9 Å². The smallest absolute Gasteiger partial charge is 0.155 e. The van der Waals surface area contributed by atoms with Crippen LogP contribution in [0, 0.1) is 0 Å². The zero-order valence-corrected chi connectivity index (χ0v) is 11.9. The van der Waals surface area contributed by atoms with E-state index in [1.807, 2.05) is 30.3 Å². The lowest BCUT2D eigenvalue weighted by atomic mass is 10.1. The monoisotopic (exact) mass is 294 g/mol. The molecule has 0 aliphatic rings. The van der Waals surface area contributed by atoms with Gasteiger partial charge in [0.25, 0.3) is 0 Å². The van der Waals surface area contributed by atoms with Gasteiger partial charge in [-0.1, -0.05) is 60.3 Å². The number of hydrogen-bond donors (Lipinski definition) is 0. The van der Waals surface area contributed by atoms with Crippen LogP contribution < -0.4 is 0 Å². The Morgan fingerprint density at radius 1 is 1.18 bits per heavy atom. The van der Waals surface area contributed by atoms with E-state index in [1.54, 1.807) is 6.08 Å². The van der Waals surface area contributed by atoms with E-state index in [9.17, 15) is 4.79 Å². The number of halogens is 1. The van der Waals surface area contributed by atoms with E-state index < -0.39 is 0 Å². The second kappa shape index (κ2) is 8.24. The molecule has 0 bridgehead atoms. The van der Waals surface area contributed by atoms with Crippen LogP contribution in [-0.4, -0.2) is 5.78 Å². The average molecular weight is 295 g/mol. The molecule has 0 spiro atoms. The quantitative estimate of drug-likeness (QED) is 0.511. The van der Waals surface area contributed by atoms with Crippen LogP contribution >= 0.6 is 15.9 Å². The van der Waals surface area contributed by atoms with Gasteiger partial charge in [-0.2, -0.15) is 0 Å². The minimum absolute atomic E-state index is 0.226. The summed E-state index contributed by atoms with van der Waals surface area (Å²) in [6.45, 7) is 2.18. The zero-order valence-electron chi connectivity index (χ0n) is 10.3. The molecule has 1 nitrogen and oxygen atoms in total. The van der Waals surface area contributed by atoms with Crippen molar-refractivity contribution in [2.24, 2.45) is 0 Å². The Morgan fingerprint density at radius 2 is 1.88 bits per heavy atom. The van der Waals surface area contributed by atoms with Gasteiger partial charge in [-0.25, -0.2) is 0 Å². The Kier molecular flexibility index (Phi) is 6.87. The number of ketones is 1. The van der Waals surface area contributed by atoms with Gasteiger partial charge in [-0.05, 0) is 30.2 Å². The third-order valence-corrected chi connectivity index (χ3v) is 3.14. The molecule has 0 aliphatic heterocycles. The Bertz CT molecular complexity index is 365. The molecule has 0 aliphatic carbocycles. The molecule has 0 saturated heterocycles. The molecule has 0 N–H and O–H groups in total. The summed E-state index contributed by atoms with van der Waals surface area (Å²) in [5, 5.41) is 0. The molecular formula is C15H19BrO. The summed E-state index contributed by atoms with van der Waals surface area (Å²) in [5.41, 5.74) is 1.06. The highest BCUT2D eigenvalue weighted by Gasteiger charge is 1.96. The fraction of sp³-hybridized carbons (Fsp3) is 0.400. The normalized spacial score (nSPS) is 10.9. The van der Waals surface area contributed by atoms with Gasteiger partial charge in [0.1, 0.15) is 0 Å². The highest BCUT2D eigenvalue weighted by molar-refractivity contribution is 9.10. The molecule has 1 rings (SSSR count). The summed E-state index contributed by atoms with van der Waals surface area (Å²) in [4.78, 5) is 11.6. The number of carbonyl (C=O) groups is 1. The van der Waals surface area contributed by atoms with Gasteiger partial charge < -0.3 is 0 Å². The number of hydrogen-bond acceptors (Lipinski definition) is 1. The average Bonchev–Trinajstić information content (AvgIpc) is 2.34. The maximum absolute atomic E-state index is 11.6. The largest absolute Gasteiger partial charge is 0.295 e. The van der Waals surface area contributed by atoms with Gasteiger partial charge in [-0.3, -0.25) is 4.79 Å². The zero-order chi connectivity index (χ0) is 12.5. The van der Waals surface area contributed by atoms with Crippen molar-refractivity contribution in [2.45, 2.75) is 39.0 Å². The van der Waals surface area contributed by atoms with Crippen LogP contribution in [0.15, 0.2) is 34.8 Å². The van der Waals surface area contributed by atoms with Crippen LogP contribution in [0.2, 0.25) is 0 Å². The molecule has 0 radical (unpaired) electrons. The van der Waals surface area contributed by atoms with E-state index >= 15 is 0 Å². The third-order valence-electron chi connectivity index (χ3n) is 2.61. The lowest BCUT2D eigenvalue weighted by Gasteiger charge is -1.96. The molecule has 0 saturated carbocycles. The van der Waals surface area contributed by atoms with E-state index in [0.717, 1.165) is 22.9 Å². The Labute approximate surface area is 112 Å². The molecule has 0 unspecified atom stereocenters. The van der Waals surface area contributed by atoms with Gasteiger partial charge >= 0.3 is 0 Å². The molecular weight excluding hydrogens is 276 g/mol. The van der Waals surface area contributed by atoms with E-state index in [4.69, 9.17) is 0 Å². The summed E-state index contributed by atoms with van der Waals surface area (Å²) in [5.74, 6) is 0.226. The van der Waals surface area contributed by atoms with Crippen LogP contribution in [0.4, 0.5) is 0 Å². The summed E-state index contributed by atoms with van der Waals surface area (Å²) in [6.07, 6.45) is 8.86. The molecule has 0 fully saturated rings. The van der Waals surface area contributed by atoms with Gasteiger partial charge in [0.2, 0.25) is 0 Å². The molecule has 0 heterocycles. The van der Waals surface area contributed by atoms with Gasteiger partial charge in [0.15, 0.2) is 5.78 Å². The first kappa shape index (κ1) is 14.2. The summed E-state index contributed by atoms with van der Waals surface area (Å²) in [6, 6.07) is 7.94. The SMILES string of the molecule is CCCCCCC(=O)/C=C/c1ccc(Br)cc1. The minimum Gasteiger partial charge on any atom is -0.295 e. The number of benzene rings is 1. The summed E-state index contributed by atoms with van der Waals surface area (Å²) in [7, 11) is 0. The van der Waals surface area contributed by atoms with Crippen LogP contribution in [0.1, 0.15) is 44.6 Å². The summed E-state index contributed by atoms with van der Waals surface area (Å²) >= 11 is 3.38. The van der Waals surface area contributed by atoms with Gasteiger partial charge in [0.05, 0.1) is 0 Å². The topological polar surface area (TPSA) is 17.1 Å². The number of carbonyl (C=O) groups excluding carboxylic acids is 1. The van der Waals surface area contributed by atoms with E-state index in [1.165, 1.54) is 12.8 Å². The molecule has 17 heavy (non-hydrogen) atoms.